The van der Waals surface area contributed by atoms with Crippen molar-refractivity contribution in [3.8, 4) is 0 Å². The number of anilines is 1. The van der Waals surface area contributed by atoms with Crippen LogP contribution in [-0.2, 0) is 11.2 Å². The highest BCUT2D eigenvalue weighted by Gasteiger charge is 2.20. The fourth-order valence-electron chi connectivity index (χ4n) is 2.06. The highest BCUT2D eigenvalue weighted by Crippen LogP contribution is 2.23. The molecule has 0 saturated carbocycles. The van der Waals surface area contributed by atoms with Gasteiger partial charge < -0.3 is 10.1 Å². The summed E-state index contributed by atoms with van der Waals surface area (Å²) in [6, 6.07) is 0.500. The topological polar surface area (TPSA) is 34.1 Å². The Morgan fingerprint density at radius 1 is 1.56 bits per heavy atom. The van der Waals surface area contributed by atoms with Crippen LogP contribution in [0.2, 0.25) is 0 Å². The molecule has 1 fully saturated rings. The molecule has 16 heavy (non-hydrogen) atoms. The van der Waals surface area contributed by atoms with Crippen molar-refractivity contribution in [2.75, 3.05) is 18.5 Å². The number of nitrogens with one attached hydrogen (secondary N) is 1. The molecule has 90 valence electrons. The van der Waals surface area contributed by atoms with Gasteiger partial charge in [-0.15, -0.1) is 11.3 Å². The Balaban J connectivity index is 1.87. The number of hydrogen-bond donors (Lipinski definition) is 1. The maximum absolute atomic E-state index is 5.38. The van der Waals surface area contributed by atoms with Crippen LogP contribution >= 0.6 is 11.3 Å². The zero-order valence-corrected chi connectivity index (χ0v) is 10.8. The van der Waals surface area contributed by atoms with E-state index in [-0.39, 0.29) is 0 Å². The van der Waals surface area contributed by atoms with Crippen molar-refractivity contribution in [1.29, 1.82) is 0 Å². The van der Waals surface area contributed by atoms with E-state index in [2.05, 4.69) is 29.5 Å². The predicted octanol–water partition coefficient (Wildman–Crippen LogP) is 2.93. The molecule has 0 amide bonds. The van der Waals surface area contributed by atoms with Crippen molar-refractivity contribution >= 4 is 16.5 Å². The minimum atomic E-state index is 0.500. The normalized spacial score (nSPS) is 19.6. The van der Waals surface area contributed by atoms with Gasteiger partial charge in [0.2, 0.25) is 0 Å². The molecule has 1 atom stereocenters. The summed E-state index contributed by atoms with van der Waals surface area (Å²) in [5.74, 6) is 0.725. The zero-order valence-electron chi connectivity index (χ0n) is 10.0. The van der Waals surface area contributed by atoms with Crippen molar-refractivity contribution in [2.45, 2.75) is 39.2 Å². The van der Waals surface area contributed by atoms with Crippen LogP contribution in [0.3, 0.4) is 0 Å². The van der Waals surface area contributed by atoms with E-state index in [4.69, 9.17) is 4.74 Å². The molecule has 1 N–H and O–H groups in total. The van der Waals surface area contributed by atoms with E-state index >= 15 is 0 Å². The van der Waals surface area contributed by atoms with E-state index in [1.807, 2.05) is 0 Å². The fourth-order valence-corrected chi connectivity index (χ4v) is 2.96. The third-order valence-electron chi connectivity index (χ3n) is 3.24. The minimum absolute atomic E-state index is 0.500. The SMILES string of the molecule is CCc1csc(NC(C)C2CCOCC2)n1. The lowest BCUT2D eigenvalue weighted by molar-refractivity contribution is 0.0622. The molecule has 1 aromatic heterocycles. The Labute approximate surface area is 101 Å². The molecule has 4 heteroatoms. The maximum atomic E-state index is 5.38. The molecule has 2 rings (SSSR count). The standard InChI is InChI=1S/C12H20N2OS/c1-3-11-8-16-12(14-11)13-9(2)10-4-6-15-7-5-10/h8-10H,3-7H2,1-2H3,(H,13,14). The lowest BCUT2D eigenvalue weighted by atomic mass is 9.93. The molecular formula is C12H20N2OS. The second-order valence-corrected chi connectivity index (χ2v) is 5.24. The zero-order chi connectivity index (χ0) is 11.4. The average Bonchev–Trinajstić information content (AvgIpc) is 2.78. The molecular weight excluding hydrogens is 220 g/mol. The summed E-state index contributed by atoms with van der Waals surface area (Å²) in [5.41, 5.74) is 1.19. The Hall–Kier alpha value is -0.610. The van der Waals surface area contributed by atoms with Gasteiger partial charge in [-0.25, -0.2) is 4.98 Å². The van der Waals surface area contributed by atoms with Crippen molar-refractivity contribution in [1.82, 2.24) is 4.98 Å². The van der Waals surface area contributed by atoms with E-state index in [1.165, 1.54) is 18.5 Å². The molecule has 1 unspecified atom stereocenters. The van der Waals surface area contributed by atoms with Gasteiger partial charge >= 0.3 is 0 Å². The molecule has 0 aromatic carbocycles. The van der Waals surface area contributed by atoms with Crippen molar-refractivity contribution < 1.29 is 4.74 Å². The number of ether oxygens (including phenoxy) is 1. The number of hydrogen-bond acceptors (Lipinski definition) is 4. The Morgan fingerprint density at radius 3 is 2.94 bits per heavy atom. The van der Waals surface area contributed by atoms with Gasteiger partial charge in [-0.3, -0.25) is 0 Å². The summed E-state index contributed by atoms with van der Waals surface area (Å²) in [5, 5.41) is 6.72. The first-order valence-electron chi connectivity index (χ1n) is 6.08. The van der Waals surface area contributed by atoms with E-state index in [0.29, 0.717) is 6.04 Å². The first-order chi connectivity index (χ1) is 7.79. The molecule has 3 nitrogen and oxygen atoms in total. The van der Waals surface area contributed by atoms with Gasteiger partial charge in [-0.1, -0.05) is 6.92 Å². The van der Waals surface area contributed by atoms with Gasteiger partial charge in [0.05, 0.1) is 5.69 Å². The molecule has 0 bridgehead atoms. The van der Waals surface area contributed by atoms with E-state index in [0.717, 1.165) is 30.7 Å². The molecule has 2 heterocycles. The van der Waals surface area contributed by atoms with Gasteiger partial charge in [0.15, 0.2) is 5.13 Å². The largest absolute Gasteiger partial charge is 0.381 e. The first-order valence-corrected chi connectivity index (χ1v) is 6.96. The molecule has 1 aliphatic heterocycles. The van der Waals surface area contributed by atoms with Gasteiger partial charge in [-0.05, 0) is 32.1 Å². The summed E-state index contributed by atoms with van der Waals surface area (Å²) >= 11 is 1.71. The smallest absolute Gasteiger partial charge is 0.183 e. The third-order valence-corrected chi connectivity index (χ3v) is 4.06. The molecule has 1 aliphatic rings. The van der Waals surface area contributed by atoms with Crippen LogP contribution in [0.15, 0.2) is 5.38 Å². The van der Waals surface area contributed by atoms with E-state index < -0.39 is 0 Å². The van der Waals surface area contributed by atoms with Crippen LogP contribution in [0.5, 0.6) is 0 Å². The Morgan fingerprint density at radius 2 is 2.31 bits per heavy atom. The number of rotatable bonds is 4. The number of aromatic nitrogens is 1. The molecule has 1 saturated heterocycles. The average molecular weight is 240 g/mol. The highest BCUT2D eigenvalue weighted by molar-refractivity contribution is 7.13. The van der Waals surface area contributed by atoms with Crippen molar-refractivity contribution in [3.05, 3.63) is 11.1 Å². The third kappa shape index (κ3) is 2.95. The van der Waals surface area contributed by atoms with Crippen LogP contribution in [0, 0.1) is 5.92 Å². The predicted molar refractivity (Wildman–Crippen MR) is 68.1 cm³/mol. The van der Waals surface area contributed by atoms with Gasteiger partial charge in [0.1, 0.15) is 0 Å². The van der Waals surface area contributed by atoms with E-state index in [1.54, 1.807) is 11.3 Å². The van der Waals surface area contributed by atoms with Crippen LogP contribution in [-0.4, -0.2) is 24.2 Å². The monoisotopic (exact) mass is 240 g/mol. The van der Waals surface area contributed by atoms with Gasteiger partial charge in [-0.2, -0.15) is 0 Å². The second-order valence-electron chi connectivity index (χ2n) is 4.38. The minimum Gasteiger partial charge on any atom is -0.381 e. The summed E-state index contributed by atoms with van der Waals surface area (Å²) < 4.78 is 5.38. The van der Waals surface area contributed by atoms with Crippen LogP contribution in [0.25, 0.3) is 0 Å². The first kappa shape index (κ1) is 11.9. The van der Waals surface area contributed by atoms with Crippen LogP contribution in [0.1, 0.15) is 32.4 Å². The Bertz CT molecular complexity index is 321. The quantitative estimate of drug-likeness (QED) is 0.878. The van der Waals surface area contributed by atoms with Crippen molar-refractivity contribution in [3.63, 3.8) is 0 Å². The summed E-state index contributed by atoms with van der Waals surface area (Å²) in [6.07, 6.45) is 3.35. The number of aryl methyl sites for hydroxylation is 1. The van der Waals surface area contributed by atoms with Gasteiger partial charge in [0, 0.05) is 24.6 Å². The van der Waals surface area contributed by atoms with Crippen LogP contribution in [0.4, 0.5) is 5.13 Å². The number of thiazole rings is 1. The molecule has 0 aliphatic carbocycles. The molecule has 1 aromatic rings. The second kappa shape index (κ2) is 5.64. The van der Waals surface area contributed by atoms with E-state index in [9.17, 15) is 0 Å². The number of nitrogens with zero attached hydrogens (tertiary/aromatic N) is 1. The molecule has 0 spiro atoms. The fraction of sp³-hybridized carbons (Fsp3) is 0.750. The summed E-state index contributed by atoms with van der Waals surface area (Å²) in [4.78, 5) is 4.54. The maximum Gasteiger partial charge on any atom is 0.183 e. The summed E-state index contributed by atoms with van der Waals surface area (Å²) in [7, 11) is 0. The summed E-state index contributed by atoms with van der Waals surface area (Å²) in [6.45, 7) is 6.22. The Kier molecular flexibility index (Phi) is 4.18. The molecule has 0 radical (unpaired) electrons. The lowest BCUT2D eigenvalue weighted by Gasteiger charge is -2.28. The lowest BCUT2D eigenvalue weighted by Crippen LogP contribution is -2.30. The van der Waals surface area contributed by atoms with Crippen molar-refractivity contribution in [2.24, 2.45) is 5.92 Å². The van der Waals surface area contributed by atoms with Gasteiger partial charge in [0.25, 0.3) is 0 Å². The highest BCUT2D eigenvalue weighted by atomic mass is 32.1. The van der Waals surface area contributed by atoms with Crippen LogP contribution < -0.4 is 5.32 Å².